The van der Waals surface area contributed by atoms with Crippen molar-refractivity contribution in [2.75, 3.05) is 0 Å². The van der Waals surface area contributed by atoms with E-state index in [2.05, 4.69) is 4.99 Å². The van der Waals surface area contributed by atoms with E-state index in [1.54, 1.807) is 24.3 Å². The number of hydrogen-bond donors (Lipinski definition) is 0. The van der Waals surface area contributed by atoms with Crippen molar-refractivity contribution >= 4 is 40.9 Å². The molecule has 0 amide bonds. The van der Waals surface area contributed by atoms with Crippen molar-refractivity contribution in [3.05, 3.63) is 75.3 Å². The second kappa shape index (κ2) is 6.11. The third-order valence-electron chi connectivity index (χ3n) is 3.40. The fraction of sp³-hybridized carbons (Fsp3) is 0. The van der Waals surface area contributed by atoms with Gasteiger partial charge in [0.05, 0.1) is 9.90 Å². The molecule has 0 aliphatic carbocycles. The highest BCUT2D eigenvalue weighted by molar-refractivity contribution is 7.12. The van der Waals surface area contributed by atoms with Crippen LogP contribution in [0.5, 0.6) is 0 Å². The van der Waals surface area contributed by atoms with Gasteiger partial charge in [0.15, 0.2) is 5.70 Å². The van der Waals surface area contributed by atoms with Gasteiger partial charge in [-0.3, -0.25) is 0 Å². The van der Waals surface area contributed by atoms with Crippen LogP contribution in [0.2, 0.25) is 5.02 Å². The van der Waals surface area contributed by atoms with E-state index in [1.807, 2.05) is 35.7 Å². The number of nitrogens with zero attached hydrogens (tertiary/aromatic N) is 1. The lowest BCUT2D eigenvalue weighted by molar-refractivity contribution is -0.129. The normalized spacial score (nSPS) is 15.6. The van der Waals surface area contributed by atoms with Crippen LogP contribution in [0.25, 0.3) is 17.4 Å². The summed E-state index contributed by atoms with van der Waals surface area (Å²) in [6.45, 7) is 0. The molecule has 2 aromatic heterocycles. The lowest BCUT2D eigenvalue weighted by atomic mass is 10.2. The Morgan fingerprint density at radius 2 is 1.96 bits per heavy atom. The summed E-state index contributed by atoms with van der Waals surface area (Å²) in [6, 6.07) is 14.7. The predicted octanol–water partition coefficient (Wildman–Crippen LogP) is 5.01. The molecule has 1 aromatic carbocycles. The fourth-order valence-corrected chi connectivity index (χ4v) is 3.16. The standard InChI is InChI=1S/C18H10ClNO3S/c19-13-5-2-1-4-12(13)15-8-7-11(22-15)10-14-18(21)23-17(20-14)16-6-3-9-24-16/h1-10H/b14-10+. The maximum absolute atomic E-state index is 12.0. The van der Waals surface area contributed by atoms with Gasteiger partial charge in [0.25, 0.3) is 0 Å². The summed E-state index contributed by atoms with van der Waals surface area (Å²) in [5, 5.41) is 2.50. The molecule has 1 aliphatic heterocycles. The van der Waals surface area contributed by atoms with E-state index in [0.717, 1.165) is 10.4 Å². The molecule has 0 saturated carbocycles. The highest BCUT2D eigenvalue weighted by Crippen LogP contribution is 2.30. The third kappa shape index (κ3) is 2.79. The minimum absolute atomic E-state index is 0.207. The molecular formula is C18H10ClNO3S. The second-order valence-electron chi connectivity index (χ2n) is 5.00. The SMILES string of the molecule is O=C1OC(c2cccs2)=N/C1=C/c1ccc(-c2ccccc2Cl)o1. The number of furan rings is 1. The van der Waals surface area contributed by atoms with Crippen molar-refractivity contribution in [2.45, 2.75) is 0 Å². The Hall–Kier alpha value is -2.63. The molecule has 0 bridgehead atoms. The van der Waals surface area contributed by atoms with Crippen LogP contribution in [0.3, 0.4) is 0 Å². The van der Waals surface area contributed by atoms with E-state index in [0.29, 0.717) is 22.4 Å². The molecule has 0 radical (unpaired) electrons. The maximum Gasteiger partial charge on any atom is 0.363 e. The lowest BCUT2D eigenvalue weighted by Gasteiger charge is -1.98. The molecule has 1 aliphatic rings. The lowest BCUT2D eigenvalue weighted by Crippen LogP contribution is -2.03. The Balaban J connectivity index is 1.65. The largest absolute Gasteiger partial charge is 0.457 e. The van der Waals surface area contributed by atoms with Crippen LogP contribution in [0.4, 0.5) is 0 Å². The number of carbonyl (C=O) groups excluding carboxylic acids is 1. The van der Waals surface area contributed by atoms with Crippen LogP contribution < -0.4 is 0 Å². The molecule has 0 unspecified atom stereocenters. The van der Waals surface area contributed by atoms with Crippen molar-refractivity contribution in [2.24, 2.45) is 4.99 Å². The number of cyclic esters (lactones) is 1. The van der Waals surface area contributed by atoms with E-state index < -0.39 is 5.97 Å². The summed E-state index contributed by atoms with van der Waals surface area (Å²) in [7, 11) is 0. The summed E-state index contributed by atoms with van der Waals surface area (Å²) >= 11 is 7.63. The molecule has 4 rings (SSSR count). The molecule has 0 atom stereocenters. The first-order chi connectivity index (χ1) is 11.7. The van der Waals surface area contributed by atoms with Crippen molar-refractivity contribution in [1.29, 1.82) is 0 Å². The van der Waals surface area contributed by atoms with Crippen LogP contribution in [0.15, 0.2) is 69.0 Å². The Bertz CT molecular complexity index is 970. The number of benzene rings is 1. The van der Waals surface area contributed by atoms with E-state index in [4.69, 9.17) is 20.8 Å². The Labute approximate surface area is 146 Å². The first kappa shape index (κ1) is 14.9. The summed E-state index contributed by atoms with van der Waals surface area (Å²) in [4.78, 5) is 17.0. The molecule has 0 saturated heterocycles. The average Bonchev–Trinajstić information content (AvgIpc) is 3.30. The Morgan fingerprint density at radius 1 is 1.08 bits per heavy atom. The van der Waals surface area contributed by atoms with Crippen LogP contribution >= 0.6 is 22.9 Å². The van der Waals surface area contributed by atoms with Gasteiger partial charge in [0, 0.05) is 11.6 Å². The monoisotopic (exact) mass is 355 g/mol. The third-order valence-corrected chi connectivity index (χ3v) is 4.58. The molecular weight excluding hydrogens is 346 g/mol. The van der Waals surface area contributed by atoms with Crippen molar-refractivity contribution < 1.29 is 13.9 Å². The van der Waals surface area contributed by atoms with Crippen LogP contribution in [-0.2, 0) is 9.53 Å². The van der Waals surface area contributed by atoms with Crippen molar-refractivity contribution in [1.82, 2.24) is 0 Å². The topological polar surface area (TPSA) is 51.8 Å². The number of thiophene rings is 1. The number of rotatable bonds is 3. The van der Waals surface area contributed by atoms with Crippen LogP contribution in [0, 0.1) is 0 Å². The van der Waals surface area contributed by atoms with Gasteiger partial charge in [-0.1, -0.05) is 29.8 Å². The van der Waals surface area contributed by atoms with Crippen LogP contribution in [-0.4, -0.2) is 11.9 Å². The zero-order valence-corrected chi connectivity index (χ0v) is 13.8. The fourth-order valence-electron chi connectivity index (χ4n) is 2.29. The first-order valence-corrected chi connectivity index (χ1v) is 8.37. The van der Waals surface area contributed by atoms with Crippen molar-refractivity contribution in [3.8, 4) is 11.3 Å². The number of esters is 1. The molecule has 0 fully saturated rings. The van der Waals surface area contributed by atoms with Crippen LogP contribution in [0.1, 0.15) is 10.6 Å². The van der Waals surface area contributed by atoms with E-state index in [9.17, 15) is 4.79 Å². The van der Waals surface area contributed by atoms with Gasteiger partial charge in [0.2, 0.25) is 5.90 Å². The molecule has 4 nitrogen and oxygen atoms in total. The molecule has 118 valence electrons. The molecule has 3 aromatic rings. The zero-order valence-electron chi connectivity index (χ0n) is 12.2. The highest BCUT2D eigenvalue weighted by atomic mass is 35.5. The summed E-state index contributed by atoms with van der Waals surface area (Å²) in [5.74, 6) is 0.961. The predicted molar refractivity (Wildman–Crippen MR) is 94.1 cm³/mol. The molecule has 0 spiro atoms. The van der Waals surface area contributed by atoms with Crippen molar-refractivity contribution in [3.63, 3.8) is 0 Å². The summed E-state index contributed by atoms with van der Waals surface area (Å²) in [6.07, 6.45) is 1.56. The number of hydrogen-bond acceptors (Lipinski definition) is 5. The van der Waals surface area contributed by atoms with E-state index in [-0.39, 0.29) is 5.70 Å². The Morgan fingerprint density at radius 3 is 2.75 bits per heavy atom. The molecule has 24 heavy (non-hydrogen) atoms. The molecule has 6 heteroatoms. The first-order valence-electron chi connectivity index (χ1n) is 7.12. The highest BCUT2D eigenvalue weighted by Gasteiger charge is 2.25. The maximum atomic E-state index is 12.0. The van der Waals surface area contributed by atoms with Gasteiger partial charge in [-0.05, 0) is 35.7 Å². The molecule has 3 heterocycles. The molecule has 0 N–H and O–H groups in total. The average molecular weight is 356 g/mol. The minimum atomic E-state index is -0.492. The van der Waals surface area contributed by atoms with Gasteiger partial charge >= 0.3 is 5.97 Å². The van der Waals surface area contributed by atoms with E-state index in [1.165, 1.54) is 11.3 Å². The Kier molecular flexibility index (Phi) is 3.80. The zero-order chi connectivity index (χ0) is 16.5. The van der Waals surface area contributed by atoms with Gasteiger partial charge in [-0.2, -0.15) is 0 Å². The van der Waals surface area contributed by atoms with Gasteiger partial charge in [0.1, 0.15) is 11.5 Å². The van der Waals surface area contributed by atoms with Gasteiger partial charge in [-0.15, -0.1) is 11.3 Å². The number of halogens is 1. The second-order valence-corrected chi connectivity index (χ2v) is 6.35. The quantitative estimate of drug-likeness (QED) is 0.490. The number of carbonyl (C=O) groups is 1. The minimum Gasteiger partial charge on any atom is -0.457 e. The van der Waals surface area contributed by atoms with E-state index >= 15 is 0 Å². The summed E-state index contributed by atoms with van der Waals surface area (Å²) in [5.41, 5.74) is 0.999. The number of ether oxygens (including phenoxy) is 1. The van der Waals surface area contributed by atoms with Gasteiger partial charge in [-0.25, -0.2) is 9.79 Å². The number of aliphatic imine (C=N–C) groups is 1. The van der Waals surface area contributed by atoms with Gasteiger partial charge < -0.3 is 9.15 Å². The summed E-state index contributed by atoms with van der Waals surface area (Å²) < 4.78 is 10.9. The smallest absolute Gasteiger partial charge is 0.363 e.